The molecule has 17 nitrogen and oxygen atoms in total. The first-order chi connectivity index (χ1) is 42.0. The molecule has 87 heavy (non-hydrogen) atoms. The van der Waals surface area contributed by atoms with Gasteiger partial charge >= 0.3 is 39.5 Å². The summed E-state index contributed by atoms with van der Waals surface area (Å²) in [6, 6.07) is 0. The van der Waals surface area contributed by atoms with Crippen molar-refractivity contribution >= 4 is 39.5 Å². The van der Waals surface area contributed by atoms with Gasteiger partial charge in [-0.2, -0.15) is 0 Å². The zero-order valence-corrected chi connectivity index (χ0v) is 57.9. The van der Waals surface area contributed by atoms with Crippen LogP contribution in [0, 0.1) is 5.92 Å². The van der Waals surface area contributed by atoms with E-state index in [0.29, 0.717) is 25.7 Å². The number of phosphoric ester groups is 2. The van der Waals surface area contributed by atoms with E-state index in [9.17, 15) is 43.2 Å². The fraction of sp³-hybridized carbons (Fsp3) is 0.941. The van der Waals surface area contributed by atoms with Crippen molar-refractivity contribution in [1.29, 1.82) is 0 Å². The summed E-state index contributed by atoms with van der Waals surface area (Å²) in [4.78, 5) is 72.3. The van der Waals surface area contributed by atoms with Crippen LogP contribution in [0.1, 0.15) is 349 Å². The maximum atomic E-state index is 13.0. The van der Waals surface area contributed by atoms with Gasteiger partial charge in [0.25, 0.3) is 0 Å². The van der Waals surface area contributed by atoms with Crippen molar-refractivity contribution in [2.24, 2.45) is 5.92 Å². The van der Waals surface area contributed by atoms with Gasteiger partial charge in [0.05, 0.1) is 26.4 Å². The number of phosphoric acid groups is 2. The lowest BCUT2D eigenvalue weighted by molar-refractivity contribution is -0.161. The summed E-state index contributed by atoms with van der Waals surface area (Å²) in [6.45, 7) is 7.18. The van der Waals surface area contributed by atoms with Crippen LogP contribution in [0.3, 0.4) is 0 Å². The highest BCUT2D eigenvalue weighted by molar-refractivity contribution is 7.47. The van der Waals surface area contributed by atoms with Crippen LogP contribution in [-0.4, -0.2) is 96.7 Å². The Balaban J connectivity index is 5.20. The predicted molar refractivity (Wildman–Crippen MR) is 349 cm³/mol. The predicted octanol–water partition coefficient (Wildman–Crippen LogP) is 19.4. The van der Waals surface area contributed by atoms with Gasteiger partial charge in [-0.15, -0.1) is 0 Å². The topological polar surface area (TPSA) is 237 Å². The van der Waals surface area contributed by atoms with Gasteiger partial charge in [-0.1, -0.05) is 298 Å². The number of carbonyl (C=O) groups excluding carboxylic acids is 4. The third-order valence-electron chi connectivity index (χ3n) is 15.8. The van der Waals surface area contributed by atoms with Gasteiger partial charge in [0.15, 0.2) is 12.2 Å². The lowest BCUT2D eigenvalue weighted by Crippen LogP contribution is -2.30. The van der Waals surface area contributed by atoms with Crippen molar-refractivity contribution < 1.29 is 80.2 Å². The van der Waals surface area contributed by atoms with Crippen molar-refractivity contribution in [3.8, 4) is 0 Å². The van der Waals surface area contributed by atoms with Gasteiger partial charge in [-0.05, 0) is 31.6 Å². The molecule has 2 unspecified atom stereocenters. The van der Waals surface area contributed by atoms with Crippen molar-refractivity contribution in [2.45, 2.75) is 368 Å². The molecule has 0 aromatic heterocycles. The monoisotopic (exact) mass is 1280 g/mol. The molecule has 0 spiro atoms. The van der Waals surface area contributed by atoms with Crippen LogP contribution in [0.15, 0.2) is 0 Å². The highest BCUT2D eigenvalue weighted by Crippen LogP contribution is 2.45. The second-order valence-corrected chi connectivity index (χ2v) is 27.9. The molecule has 0 saturated carbocycles. The molecule has 0 aliphatic heterocycles. The lowest BCUT2D eigenvalue weighted by Gasteiger charge is -2.21. The van der Waals surface area contributed by atoms with E-state index in [0.717, 1.165) is 109 Å². The third-order valence-corrected chi connectivity index (χ3v) is 17.7. The molecule has 5 atom stereocenters. The van der Waals surface area contributed by atoms with Crippen LogP contribution in [0.4, 0.5) is 0 Å². The minimum atomic E-state index is -4.95. The Kier molecular flexibility index (Phi) is 60.2. The average Bonchev–Trinajstić information content (AvgIpc) is 3.54. The Morgan fingerprint density at radius 2 is 0.529 bits per heavy atom. The maximum absolute atomic E-state index is 13.0. The molecular formula is C68H132O17P2. The standard InChI is InChI=1S/C68H132O17P2/c1-6-9-12-15-18-20-22-24-25-26-27-29-33-39-44-49-54-68(73)85-64(58-79-66(71)52-47-42-37-34-30-31-36-40-45-50-61(4)5)60-83-87(76,77)81-56-62(69)55-80-86(74,75)82-59-63(57-78-65(70)51-46-41-35-17-14-11-8-3)84-67(72)53-48-43-38-32-28-23-21-19-16-13-10-7-2/h61-64,69H,6-60H2,1-5H3,(H,74,75)(H,76,77)/t62-,63+,64+/m0/s1. The van der Waals surface area contributed by atoms with Crippen molar-refractivity contribution in [1.82, 2.24) is 0 Å². The fourth-order valence-corrected chi connectivity index (χ4v) is 11.9. The molecule has 516 valence electrons. The van der Waals surface area contributed by atoms with Crippen molar-refractivity contribution in [3.63, 3.8) is 0 Å². The van der Waals surface area contributed by atoms with Gasteiger partial charge < -0.3 is 33.8 Å². The molecule has 0 rings (SSSR count). The van der Waals surface area contributed by atoms with E-state index in [4.69, 9.17) is 37.0 Å². The molecule has 19 heteroatoms. The van der Waals surface area contributed by atoms with Crippen LogP contribution >= 0.6 is 15.6 Å². The number of unbranched alkanes of at least 4 members (excludes halogenated alkanes) is 40. The SMILES string of the molecule is CCCCCCCCCCCCCCCCCCC(=O)O[C@H](COC(=O)CCCCCCCCCCCC(C)C)COP(=O)(O)OC[C@@H](O)COP(=O)(O)OC[C@@H](COC(=O)CCCCCCCCC)OC(=O)CCCCCCCCCCCCCC. The minimum absolute atomic E-state index is 0.107. The Labute approximate surface area is 530 Å². The summed E-state index contributed by atoms with van der Waals surface area (Å²) in [5, 5.41) is 10.6. The van der Waals surface area contributed by atoms with E-state index in [1.54, 1.807) is 0 Å². The molecule has 0 aliphatic rings. The Bertz CT molecular complexity index is 1690. The van der Waals surface area contributed by atoms with Crippen molar-refractivity contribution in [3.05, 3.63) is 0 Å². The second kappa shape index (κ2) is 61.6. The van der Waals surface area contributed by atoms with Gasteiger partial charge in [-0.3, -0.25) is 37.3 Å². The zero-order valence-electron chi connectivity index (χ0n) is 56.2. The quantitative estimate of drug-likeness (QED) is 0.0222. The van der Waals surface area contributed by atoms with Crippen molar-refractivity contribution in [2.75, 3.05) is 39.6 Å². The van der Waals surface area contributed by atoms with Crippen LogP contribution in [0.25, 0.3) is 0 Å². The Morgan fingerprint density at radius 3 is 0.782 bits per heavy atom. The fourth-order valence-electron chi connectivity index (χ4n) is 10.3. The van der Waals surface area contributed by atoms with Gasteiger partial charge in [0, 0.05) is 25.7 Å². The zero-order chi connectivity index (χ0) is 64.2. The summed E-state index contributed by atoms with van der Waals surface area (Å²) >= 11 is 0. The number of aliphatic hydroxyl groups excluding tert-OH is 1. The first-order valence-electron chi connectivity index (χ1n) is 35.6. The summed E-state index contributed by atoms with van der Waals surface area (Å²) < 4.78 is 68.1. The number of hydrogen-bond donors (Lipinski definition) is 3. The van der Waals surface area contributed by atoms with Gasteiger partial charge in [-0.25, -0.2) is 9.13 Å². The number of carbonyl (C=O) groups is 4. The van der Waals surface area contributed by atoms with Crippen LogP contribution in [0.5, 0.6) is 0 Å². The molecule has 0 heterocycles. The minimum Gasteiger partial charge on any atom is -0.462 e. The molecule has 3 N–H and O–H groups in total. The molecule has 0 aliphatic carbocycles. The summed E-state index contributed by atoms with van der Waals surface area (Å²) in [5.41, 5.74) is 0. The van der Waals surface area contributed by atoms with Crippen LogP contribution in [-0.2, 0) is 65.4 Å². The number of esters is 4. The maximum Gasteiger partial charge on any atom is 0.472 e. The Morgan fingerprint density at radius 1 is 0.310 bits per heavy atom. The van der Waals surface area contributed by atoms with Crippen LogP contribution < -0.4 is 0 Å². The number of ether oxygens (including phenoxy) is 4. The first kappa shape index (κ1) is 85.1. The Hall–Kier alpha value is -1.94. The molecule has 0 amide bonds. The number of aliphatic hydroxyl groups is 1. The normalized spacial score (nSPS) is 14.1. The van der Waals surface area contributed by atoms with E-state index in [1.165, 1.54) is 161 Å². The molecule has 0 saturated heterocycles. The summed E-state index contributed by atoms with van der Waals surface area (Å²) in [7, 11) is -9.89. The summed E-state index contributed by atoms with van der Waals surface area (Å²) in [6.07, 6.45) is 47.2. The third kappa shape index (κ3) is 62.6. The van der Waals surface area contributed by atoms with E-state index < -0.39 is 97.5 Å². The highest BCUT2D eigenvalue weighted by atomic mass is 31.2. The second-order valence-electron chi connectivity index (χ2n) is 25.0. The first-order valence-corrected chi connectivity index (χ1v) is 38.6. The lowest BCUT2D eigenvalue weighted by atomic mass is 10.0. The molecule has 0 radical (unpaired) electrons. The number of rotatable bonds is 68. The molecular weight excluding hydrogens is 1150 g/mol. The highest BCUT2D eigenvalue weighted by Gasteiger charge is 2.30. The van der Waals surface area contributed by atoms with E-state index >= 15 is 0 Å². The number of hydrogen-bond acceptors (Lipinski definition) is 15. The smallest absolute Gasteiger partial charge is 0.462 e. The van der Waals surface area contributed by atoms with Gasteiger partial charge in [0.2, 0.25) is 0 Å². The van der Waals surface area contributed by atoms with E-state index in [2.05, 4.69) is 34.6 Å². The molecule has 0 bridgehead atoms. The summed E-state index contributed by atoms with van der Waals surface area (Å²) in [5.74, 6) is -1.38. The largest absolute Gasteiger partial charge is 0.472 e. The van der Waals surface area contributed by atoms with E-state index in [1.807, 2.05) is 0 Å². The molecule has 0 aromatic rings. The molecule has 0 aromatic carbocycles. The van der Waals surface area contributed by atoms with Crippen LogP contribution in [0.2, 0.25) is 0 Å². The molecule has 0 fully saturated rings. The van der Waals surface area contributed by atoms with E-state index in [-0.39, 0.29) is 25.7 Å². The van der Waals surface area contributed by atoms with Gasteiger partial charge in [0.1, 0.15) is 19.3 Å². The average molecular weight is 1280 g/mol.